The number of hydrazine groups is 2. The van der Waals surface area contributed by atoms with Crippen LogP contribution >= 0.6 is 0 Å². The first-order valence-electron chi connectivity index (χ1n) is 5.69. The second kappa shape index (κ2) is 4.08. The van der Waals surface area contributed by atoms with Crippen molar-refractivity contribution in [3.63, 3.8) is 0 Å². The van der Waals surface area contributed by atoms with Crippen molar-refractivity contribution in [1.82, 2.24) is 15.7 Å². The summed E-state index contributed by atoms with van der Waals surface area (Å²) < 4.78 is 0. The van der Waals surface area contributed by atoms with E-state index in [0.717, 1.165) is 0 Å². The van der Waals surface area contributed by atoms with Crippen molar-refractivity contribution in [1.29, 1.82) is 5.41 Å². The molecule has 2 saturated heterocycles. The van der Waals surface area contributed by atoms with E-state index in [4.69, 9.17) is 10.2 Å². The average Bonchev–Trinajstić information content (AvgIpc) is 2.49. The van der Waals surface area contributed by atoms with Crippen LogP contribution in [0.5, 0.6) is 0 Å². The van der Waals surface area contributed by atoms with Crippen LogP contribution in [-0.4, -0.2) is 34.2 Å². The van der Waals surface area contributed by atoms with Gasteiger partial charge in [0.2, 0.25) is 5.90 Å². The molecule has 0 aromatic carbocycles. The van der Waals surface area contributed by atoms with E-state index in [2.05, 4.69) is 24.4 Å². The van der Waals surface area contributed by atoms with Gasteiger partial charge in [0, 0.05) is 12.1 Å². The summed E-state index contributed by atoms with van der Waals surface area (Å²) in [5.41, 5.74) is 2.82. The van der Waals surface area contributed by atoms with Crippen LogP contribution in [0.15, 0.2) is 0 Å². The Labute approximate surface area is 90.8 Å². The topological polar surface area (TPSA) is 51.6 Å². The van der Waals surface area contributed by atoms with Gasteiger partial charge in [-0.15, -0.1) is 5.12 Å². The van der Waals surface area contributed by atoms with Crippen molar-refractivity contribution >= 4 is 5.90 Å². The van der Waals surface area contributed by atoms with Gasteiger partial charge in [0.1, 0.15) is 6.04 Å². The maximum Gasteiger partial charge on any atom is 0.228 e. The van der Waals surface area contributed by atoms with E-state index in [1.165, 1.54) is 19.3 Å². The Morgan fingerprint density at radius 1 is 1.27 bits per heavy atom. The molecule has 0 saturated carbocycles. The number of rotatable bonds is 1. The molecule has 2 aliphatic rings. The highest BCUT2D eigenvalue weighted by molar-refractivity contribution is 5.78. The fraction of sp³-hybridized carbons (Fsp3) is 0.900. The van der Waals surface area contributed by atoms with Crippen LogP contribution in [0.4, 0.5) is 0 Å². The number of nitrogens with one attached hydrogen (secondary N) is 2. The molecule has 0 bridgehead atoms. The van der Waals surface area contributed by atoms with Crippen LogP contribution in [-0.2, 0) is 4.84 Å². The predicted octanol–water partition coefficient (Wildman–Crippen LogP) is 1.28. The number of piperidine rings is 1. The summed E-state index contributed by atoms with van der Waals surface area (Å²) in [7, 11) is 0. The molecule has 0 aromatic rings. The van der Waals surface area contributed by atoms with E-state index in [1.807, 2.05) is 12.0 Å². The van der Waals surface area contributed by atoms with Crippen LogP contribution in [0.3, 0.4) is 0 Å². The molecule has 0 radical (unpaired) electrons. The highest BCUT2D eigenvalue weighted by Crippen LogP contribution is 2.26. The molecule has 5 heteroatoms. The summed E-state index contributed by atoms with van der Waals surface area (Å²) in [4.78, 5) is 5.05. The molecule has 0 aromatic heterocycles. The summed E-state index contributed by atoms with van der Waals surface area (Å²) in [6, 6.07) is 1.02. The molecule has 3 unspecified atom stereocenters. The van der Waals surface area contributed by atoms with E-state index in [1.54, 1.807) is 0 Å². The second-order valence-corrected chi connectivity index (χ2v) is 4.59. The molecule has 2 N–H and O–H groups in total. The van der Waals surface area contributed by atoms with Gasteiger partial charge in [-0.05, 0) is 33.6 Å². The molecule has 2 fully saturated rings. The summed E-state index contributed by atoms with van der Waals surface area (Å²) in [5, 5.41) is 11.8. The zero-order valence-electron chi connectivity index (χ0n) is 9.66. The van der Waals surface area contributed by atoms with E-state index < -0.39 is 0 Å². The Kier molecular flexibility index (Phi) is 2.95. The van der Waals surface area contributed by atoms with Gasteiger partial charge >= 0.3 is 0 Å². The largest absolute Gasteiger partial charge is 0.376 e. The fourth-order valence-electron chi connectivity index (χ4n) is 2.45. The first kappa shape index (κ1) is 10.9. The standard InChI is InChI=1S/C10H20N4O/c1-7-5-4-6-8(2)13(7)14-9(3)10(11)15-12-14/h7-9,11-12H,4-6H2,1-3H3. The van der Waals surface area contributed by atoms with Crippen molar-refractivity contribution in [2.24, 2.45) is 0 Å². The van der Waals surface area contributed by atoms with Crippen LogP contribution in [0.2, 0.25) is 0 Å². The van der Waals surface area contributed by atoms with E-state index >= 15 is 0 Å². The lowest BCUT2D eigenvalue weighted by Gasteiger charge is -2.43. The van der Waals surface area contributed by atoms with Crippen molar-refractivity contribution in [3.05, 3.63) is 0 Å². The first-order valence-corrected chi connectivity index (χ1v) is 5.69. The minimum absolute atomic E-state index is 0.00648. The molecule has 0 aliphatic carbocycles. The molecule has 2 rings (SSSR count). The number of hydrogen-bond acceptors (Lipinski definition) is 5. The maximum atomic E-state index is 7.58. The lowest BCUT2D eigenvalue weighted by atomic mass is 9.99. The average molecular weight is 212 g/mol. The zero-order chi connectivity index (χ0) is 11.0. The fourth-order valence-corrected chi connectivity index (χ4v) is 2.45. The third kappa shape index (κ3) is 1.87. The minimum atomic E-state index is -0.00648. The minimum Gasteiger partial charge on any atom is -0.376 e. The van der Waals surface area contributed by atoms with Crippen LogP contribution in [0.1, 0.15) is 40.0 Å². The van der Waals surface area contributed by atoms with Gasteiger partial charge in [0.15, 0.2) is 0 Å². The Morgan fingerprint density at radius 2 is 1.87 bits per heavy atom. The second-order valence-electron chi connectivity index (χ2n) is 4.59. The number of hydrogen-bond donors (Lipinski definition) is 2. The molecule has 5 nitrogen and oxygen atoms in total. The van der Waals surface area contributed by atoms with Crippen LogP contribution < -0.4 is 5.59 Å². The SMILES string of the molecule is CC1C(=N)ONN1N1C(C)CCCC1C. The lowest BCUT2D eigenvalue weighted by Crippen LogP contribution is -2.59. The summed E-state index contributed by atoms with van der Waals surface area (Å²) in [6.07, 6.45) is 3.71. The summed E-state index contributed by atoms with van der Waals surface area (Å²) >= 11 is 0. The van der Waals surface area contributed by atoms with Crippen molar-refractivity contribution in [3.8, 4) is 0 Å². The quantitative estimate of drug-likeness (QED) is 0.687. The van der Waals surface area contributed by atoms with E-state index in [9.17, 15) is 0 Å². The van der Waals surface area contributed by atoms with Gasteiger partial charge in [-0.3, -0.25) is 5.41 Å². The lowest BCUT2D eigenvalue weighted by molar-refractivity contribution is -0.176. The molecule has 2 aliphatic heterocycles. The monoisotopic (exact) mass is 212 g/mol. The molecule has 86 valence electrons. The van der Waals surface area contributed by atoms with Crippen molar-refractivity contribution in [2.45, 2.75) is 58.2 Å². The van der Waals surface area contributed by atoms with Gasteiger partial charge in [-0.25, -0.2) is 5.01 Å². The highest BCUT2D eigenvalue weighted by Gasteiger charge is 2.38. The Bertz CT molecular complexity index is 248. The van der Waals surface area contributed by atoms with E-state index in [-0.39, 0.29) is 6.04 Å². The predicted molar refractivity (Wildman–Crippen MR) is 57.9 cm³/mol. The zero-order valence-corrected chi connectivity index (χ0v) is 9.66. The Balaban J connectivity index is 2.10. The normalized spacial score (nSPS) is 39.4. The summed E-state index contributed by atoms with van der Waals surface area (Å²) in [6.45, 7) is 6.44. The van der Waals surface area contributed by atoms with Crippen LogP contribution in [0.25, 0.3) is 0 Å². The maximum absolute atomic E-state index is 7.58. The molecule has 2 heterocycles. The molecule has 0 amide bonds. The number of nitrogens with zero attached hydrogens (tertiary/aromatic N) is 2. The van der Waals surface area contributed by atoms with Crippen molar-refractivity contribution in [2.75, 3.05) is 0 Å². The molecule has 3 atom stereocenters. The van der Waals surface area contributed by atoms with Crippen molar-refractivity contribution < 1.29 is 4.84 Å². The Morgan fingerprint density at radius 3 is 2.33 bits per heavy atom. The highest BCUT2D eigenvalue weighted by atomic mass is 16.7. The molecule has 0 spiro atoms. The smallest absolute Gasteiger partial charge is 0.228 e. The van der Waals surface area contributed by atoms with Gasteiger partial charge in [-0.1, -0.05) is 12.0 Å². The van der Waals surface area contributed by atoms with Gasteiger partial charge < -0.3 is 4.84 Å². The molecule has 15 heavy (non-hydrogen) atoms. The Hall–Kier alpha value is -0.650. The van der Waals surface area contributed by atoms with Gasteiger partial charge in [0.25, 0.3) is 0 Å². The molecular formula is C10H20N4O. The first-order chi connectivity index (χ1) is 7.11. The molecular weight excluding hydrogens is 192 g/mol. The summed E-state index contributed by atoms with van der Waals surface area (Å²) in [5.74, 6) is 0.292. The third-order valence-corrected chi connectivity index (χ3v) is 3.39. The van der Waals surface area contributed by atoms with Gasteiger partial charge in [-0.2, -0.15) is 0 Å². The van der Waals surface area contributed by atoms with Gasteiger partial charge in [0.05, 0.1) is 0 Å². The third-order valence-electron chi connectivity index (χ3n) is 3.39. The van der Waals surface area contributed by atoms with Crippen LogP contribution in [0, 0.1) is 5.41 Å². The van der Waals surface area contributed by atoms with E-state index in [0.29, 0.717) is 18.0 Å².